The largest absolute Gasteiger partial charge is 0.481 e. The molecule has 0 aliphatic carbocycles. The maximum absolute atomic E-state index is 12.6. The highest BCUT2D eigenvalue weighted by Gasteiger charge is 2.37. The lowest BCUT2D eigenvalue weighted by Crippen LogP contribution is -2.51. The van der Waals surface area contributed by atoms with Gasteiger partial charge in [-0.15, -0.1) is 0 Å². The lowest BCUT2D eigenvalue weighted by molar-refractivity contribution is -0.137. The van der Waals surface area contributed by atoms with Crippen LogP contribution in [0.4, 0.5) is 5.69 Å². The molecular weight excluding hydrogens is 318 g/mol. The van der Waals surface area contributed by atoms with Gasteiger partial charge in [-0.1, -0.05) is 36.4 Å². The van der Waals surface area contributed by atoms with Crippen molar-refractivity contribution in [2.24, 2.45) is 0 Å². The molecule has 6 heteroatoms. The first-order chi connectivity index (χ1) is 12.0. The third-order valence-corrected chi connectivity index (χ3v) is 3.85. The van der Waals surface area contributed by atoms with Gasteiger partial charge in [0.1, 0.15) is 0 Å². The molecule has 132 valence electrons. The van der Waals surface area contributed by atoms with E-state index in [4.69, 9.17) is 0 Å². The number of benzene rings is 2. The molecule has 1 atom stereocenters. The van der Waals surface area contributed by atoms with E-state index in [1.807, 2.05) is 56.6 Å². The second kappa shape index (κ2) is 8.30. The molecule has 3 rings (SSSR count). The van der Waals surface area contributed by atoms with E-state index in [0.717, 1.165) is 11.3 Å². The van der Waals surface area contributed by atoms with Gasteiger partial charge < -0.3 is 10.4 Å². The fraction of sp³-hybridized carbons (Fsp3) is 0.263. The minimum atomic E-state index is -0.900. The molecule has 0 bridgehead atoms. The Bertz CT molecular complexity index is 734. The summed E-state index contributed by atoms with van der Waals surface area (Å²) in [4.78, 5) is 23.9. The molecule has 2 aromatic carbocycles. The van der Waals surface area contributed by atoms with Crippen LogP contribution in [0.3, 0.4) is 0 Å². The van der Waals surface area contributed by atoms with Gasteiger partial charge in [-0.05, 0) is 37.9 Å². The lowest BCUT2D eigenvalue weighted by Gasteiger charge is -2.44. The Kier molecular flexibility index (Phi) is 6.14. The number of fused-ring (bicyclic) bond motifs is 1. The van der Waals surface area contributed by atoms with Crippen LogP contribution in [0.5, 0.6) is 0 Å². The first kappa shape index (κ1) is 18.5. The number of carbonyl (C=O) groups is 2. The Balaban J connectivity index is 0.000000701. The van der Waals surface area contributed by atoms with Gasteiger partial charge in [-0.3, -0.25) is 19.6 Å². The average molecular weight is 341 g/mol. The van der Waals surface area contributed by atoms with Gasteiger partial charge in [0.05, 0.1) is 18.2 Å². The fourth-order valence-electron chi connectivity index (χ4n) is 2.89. The van der Waals surface area contributed by atoms with Crippen LogP contribution < -0.4 is 10.3 Å². The van der Waals surface area contributed by atoms with Gasteiger partial charge in [0, 0.05) is 12.6 Å². The zero-order valence-corrected chi connectivity index (χ0v) is 14.6. The van der Waals surface area contributed by atoms with Crippen LogP contribution in [0, 0.1) is 0 Å². The summed E-state index contributed by atoms with van der Waals surface area (Å²) < 4.78 is 0. The zero-order chi connectivity index (χ0) is 18.4. The van der Waals surface area contributed by atoms with E-state index < -0.39 is 12.0 Å². The van der Waals surface area contributed by atoms with E-state index in [-0.39, 0.29) is 12.3 Å². The number of rotatable bonds is 3. The van der Waals surface area contributed by atoms with Gasteiger partial charge in [0.2, 0.25) is 0 Å². The molecule has 1 aliphatic heterocycles. The molecule has 0 spiro atoms. The minimum absolute atomic E-state index is 0.0798. The number of hydrogen-bond donors (Lipinski definition) is 2. The van der Waals surface area contributed by atoms with Crippen molar-refractivity contribution in [2.45, 2.75) is 12.5 Å². The normalized spacial score (nSPS) is 16.0. The number of carboxylic acid groups (broad SMARTS) is 1. The van der Waals surface area contributed by atoms with Crippen molar-refractivity contribution in [2.75, 3.05) is 26.2 Å². The molecule has 0 saturated carbocycles. The number of anilines is 1. The van der Waals surface area contributed by atoms with Gasteiger partial charge in [0.15, 0.2) is 0 Å². The molecule has 0 saturated heterocycles. The van der Waals surface area contributed by atoms with Gasteiger partial charge in [-0.25, -0.2) is 0 Å². The highest BCUT2D eigenvalue weighted by molar-refractivity contribution is 5.98. The predicted molar refractivity (Wildman–Crippen MR) is 97.4 cm³/mol. The highest BCUT2D eigenvalue weighted by atomic mass is 16.4. The number of hydrogen-bond acceptors (Lipinski definition) is 4. The van der Waals surface area contributed by atoms with Gasteiger partial charge in [0.25, 0.3) is 5.91 Å². The van der Waals surface area contributed by atoms with Crippen LogP contribution in [-0.4, -0.2) is 43.1 Å². The van der Waals surface area contributed by atoms with Crippen LogP contribution >= 0.6 is 0 Å². The average Bonchev–Trinajstić information content (AvgIpc) is 2.61. The van der Waals surface area contributed by atoms with Crippen molar-refractivity contribution >= 4 is 17.6 Å². The minimum Gasteiger partial charge on any atom is -0.481 e. The quantitative estimate of drug-likeness (QED) is 0.898. The molecule has 1 heterocycles. The van der Waals surface area contributed by atoms with Crippen molar-refractivity contribution < 1.29 is 14.7 Å². The Hall–Kier alpha value is -2.86. The number of nitrogens with one attached hydrogen (secondary N) is 1. The SMILES string of the molecule is CN1C(=O)c2ccccc2C(CC(=O)O)N1c1ccccc1.CNC. The molecule has 1 unspecified atom stereocenters. The number of carbonyl (C=O) groups excluding carboxylic acids is 1. The van der Waals surface area contributed by atoms with Crippen LogP contribution in [-0.2, 0) is 4.79 Å². The fourth-order valence-corrected chi connectivity index (χ4v) is 2.89. The predicted octanol–water partition coefficient (Wildman–Crippen LogP) is 2.55. The summed E-state index contributed by atoms with van der Waals surface area (Å²) >= 11 is 0. The van der Waals surface area contributed by atoms with Crippen LogP contribution in [0.1, 0.15) is 28.4 Å². The molecule has 2 aromatic rings. The number of carboxylic acids is 1. The van der Waals surface area contributed by atoms with E-state index in [2.05, 4.69) is 5.32 Å². The number of aliphatic carboxylic acids is 1. The Labute approximate surface area is 147 Å². The smallest absolute Gasteiger partial charge is 0.305 e. The van der Waals surface area contributed by atoms with E-state index in [1.54, 1.807) is 24.2 Å². The third-order valence-electron chi connectivity index (χ3n) is 3.85. The zero-order valence-electron chi connectivity index (χ0n) is 14.6. The van der Waals surface area contributed by atoms with E-state index in [1.165, 1.54) is 5.01 Å². The summed E-state index contributed by atoms with van der Waals surface area (Å²) in [5.74, 6) is -1.04. The monoisotopic (exact) mass is 341 g/mol. The van der Waals surface area contributed by atoms with E-state index in [9.17, 15) is 14.7 Å². The van der Waals surface area contributed by atoms with Crippen LogP contribution in [0.2, 0.25) is 0 Å². The standard InChI is InChI=1S/C17H16N2O3.C2H7N/c1-18-17(22)14-10-6-5-9-13(14)15(11-16(20)21)19(18)12-7-3-2-4-8-12;1-3-2/h2-10,15H,11H2,1H3,(H,20,21);3H,1-2H3. The molecule has 6 nitrogen and oxygen atoms in total. The van der Waals surface area contributed by atoms with Crippen molar-refractivity contribution in [1.29, 1.82) is 0 Å². The molecule has 0 radical (unpaired) electrons. The second-order valence-electron chi connectivity index (χ2n) is 5.71. The Morgan fingerprint density at radius 3 is 2.24 bits per heavy atom. The number of nitrogens with zero attached hydrogens (tertiary/aromatic N) is 2. The molecule has 2 N–H and O–H groups in total. The molecule has 1 amide bonds. The van der Waals surface area contributed by atoms with E-state index >= 15 is 0 Å². The summed E-state index contributed by atoms with van der Waals surface area (Å²) in [5.41, 5.74) is 2.10. The second-order valence-corrected chi connectivity index (χ2v) is 5.71. The third kappa shape index (κ3) is 3.97. The summed E-state index contributed by atoms with van der Waals surface area (Å²) in [7, 11) is 5.42. The van der Waals surface area contributed by atoms with Gasteiger partial charge >= 0.3 is 5.97 Å². The first-order valence-corrected chi connectivity index (χ1v) is 8.02. The van der Waals surface area contributed by atoms with Crippen molar-refractivity contribution in [3.63, 3.8) is 0 Å². The first-order valence-electron chi connectivity index (χ1n) is 8.02. The number of para-hydroxylation sites is 1. The summed E-state index contributed by atoms with van der Waals surface area (Å²) in [6, 6.07) is 16.1. The van der Waals surface area contributed by atoms with Crippen molar-refractivity contribution in [3.8, 4) is 0 Å². The number of amides is 1. The van der Waals surface area contributed by atoms with Crippen molar-refractivity contribution in [3.05, 3.63) is 65.7 Å². The van der Waals surface area contributed by atoms with Crippen LogP contribution in [0.25, 0.3) is 0 Å². The van der Waals surface area contributed by atoms with Crippen LogP contribution in [0.15, 0.2) is 54.6 Å². The Morgan fingerprint density at radius 1 is 1.08 bits per heavy atom. The van der Waals surface area contributed by atoms with E-state index in [0.29, 0.717) is 5.56 Å². The summed E-state index contributed by atoms with van der Waals surface area (Å²) in [6.07, 6.45) is -0.0798. The number of hydrazine groups is 1. The maximum atomic E-state index is 12.6. The molecule has 1 aliphatic rings. The molecule has 0 fully saturated rings. The molecule has 25 heavy (non-hydrogen) atoms. The Morgan fingerprint density at radius 2 is 1.64 bits per heavy atom. The van der Waals surface area contributed by atoms with Crippen molar-refractivity contribution in [1.82, 2.24) is 10.3 Å². The highest BCUT2D eigenvalue weighted by Crippen LogP contribution is 2.37. The summed E-state index contributed by atoms with van der Waals surface area (Å²) in [6.45, 7) is 0. The topological polar surface area (TPSA) is 72.9 Å². The lowest BCUT2D eigenvalue weighted by atomic mass is 9.94. The molecule has 0 aromatic heterocycles. The maximum Gasteiger partial charge on any atom is 0.305 e. The van der Waals surface area contributed by atoms with Gasteiger partial charge in [-0.2, -0.15) is 0 Å². The molecular formula is C19H23N3O3. The summed E-state index contributed by atoms with van der Waals surface area (Å²) in [5, 5.41) is 15.3.